The first kappa shape index (κ1) is 30.8. The molecule has 2 rings (SSSR count). The number of hydrogen-bond donors (Lipinski definition) is 2. The fraction of sp³-hybridized carbons (Fsp3) is 0.400. The third kappa shape index (κ3) is 9.32. The second kappa shape index (κ2) is 13.5. The Bertz CT molecular complexity index is 943. The van der Waals surface area contributed by atoms with Crippen LogP contribution in [0.4, 0.5) is 0 Å². The van der Waals surface area contributed by atoms with Gasteiger partial charge in [0.15, 0.2) is 0 Å². The van der Waals surface area contributed by atoms with Crippen molar-refractivity contribution in [3.05, 3.63) is 48.5 Å². The van der Waals surface area contributed by atoms with E-state index in [2.05, 4.69) is 9.44 Å². The van der Waals surface area contributed by atoms with Gasteiger partial charge in [0.2, 0.25) is 20.0 Å². The standard InChI is InChI=1S/C20H30N4O4S2.2ClH/c1-23(2)15-13-21-29(25,26)19-9-5-17(6-10-19)18-7-11-20(12-8-18)30(27,28)22-14-16-24(3)4;;/h5-12,21-22H,13-16H2,1-4H3;2*1H. The third-order valence-corrected chi connectivity index (χ3v) is 7.32. The SMILES string of the molecule is CN(C)CCNS(=O)(=O)c1ccc(-c2ccc(S(=O)(=O)NCCN(C)C)cc2)cc1.Cl.Cl. The summed E-state index contributed by atoms with van der Waals surface area (Å²) in [7, 11) is 0.370. The lowest BCUT2D eigenvalue weighted by Crippen LogP contribution is -2.31. The van der Waals surface area contributed by atoms with Crippen LogP contribution in [0.5, 0.6) is 0 Å². The minimum absolute atomic E-state index is 0. The molecular weight excluding hydrogens is 495 g/mol. The Balaban J connectivity index is 0.00000480. The average Bonchev–Trinajstić information content (AvgIpc) is 2.67. The number of rotatable bonds is 11. The maximum Gasteiger partial charge on any atom is 0.240 e. The van der Waals surface area contributed by atoms with Crippen LogP contribution in [0.15, 0.2) is 58.3 Å². The van der Waals surface area contributed by atoms with Gasteiger partial charge in [-0.3, -0.25) is 0 Å². The molecule has 0 amide bonds. The van der Waals surface area contributed by atoms with Gasteiger partial charge in [0.25, 0.3) is 0 Å². The van der Waals surface area contributed by atoms with Crippen LogP contribution in [-0.2, 0) is 20.0 Å². The number of benzene rings is 2. The van der Waals surface area contributed by atoms with Crippen LogP contribution in [-0.4, -0.2) is 81.0 Å². The maximum atomic E-state index is 12.3. The van der Waals surface area contributed by atoms with Crippen LogP contribution in [0, 0.1) is 0 Å². The van der Waals surface area contributed by atoms with Crippen LogP contribution >= 0.6 is 24.8 Å². The fourth-order valence-electron chi connectivity index (χ4n) is 2.63. The number of likely N-dealkylation sites (N-methyl/N-ethyl adjacent to an activating group) is 2. The van der Waals surface area contributed by atoms with E-state index in [0.717, 1.165) is 11.1 Å². The fourth-order valence-corrected chi connectivity index (χ4v) is 4.67. The van der Waals surface area contributed by atoms with Crippen molar-refractivity contribution in [1.29, 1.82) is 0 Å². The molecule has 182 valence electrons. The predicted octanol–water partition coefficient (Wildman–Crippen LogP) is 1.88. The summed E-state index contributed by atoms with van der Waals surface area (Å²) in [5, 5.41) is 0. The molecule has 0 aliphatic heterocycles. The maximum absolute atomic E-state index is 12.3. The van der Waals surface area contributed by atoms with Crippen LogP contribution in [0.2, 0.25) is 0 Å². The zero-order valence-corrected chi connectivity index (χ0v) is 21.9. The molecule has 0 radical (unpaired) electrons. The lowest BCUT2D eigenvalue weighted by Gasteiger charge is -2.12. The van der Waals surface area contributed by atoms with Gasteiger partial charge >= 0.3 is 0 Å². The van der Waals surface area contributed by atoms with E-state index in [4.69, 9.17) is 0 Å². The largest absolute Gasteiger partial charge is 0.308 e. The first-order valence-corrected chi connectivity index (χ1v) is 12.5. The molecule has 12 heteroatoms. The van der Waals surface area contributed by atoms with E-state index < -0.39 is 20.0 Å². The van der Waals surface area contributed by atoms with Crippen molar-refractivity contribution in [2.24, 2.45) is 0 Å². The Kier molecular flexibility index (Phi) is 12.9. The highest BCUT2D eigenvalue weighted by Gasteiger charge is 2.15. The summed E-state index contributed by atoms with van der Waals surface area (Å²) in [5.74, 6) is 0. The minimum atomic E-state index is -3.56. The van der Waals surface area contributed by atoms with Crippen molar-refractivity contribution in [2.75, 3.05) is 54.4 Å². The molecule has 0 aliphatic carbocycles. The molecule has 0 unspecified atom stereocenters. The van der Waals surface area contributed by atoms with Gasteiger partial charge in [0.1, 0.15) is 0 Å². The van der Waals surface area contributed by atoms with Gasteiger partial charge in [-0.25, -0.2) is 26.3 Å². The Labute approximate surface area is 204 Å². The van der Waals surface area contributed by atoms with Crippen molar-refractivity contribution in [1.82, 2.24) is 19.2 Å². The van der Waals surface area contributed by atoms with E-state index in [0.29, 0.717) is 26.2 Å². The van der Waals surface area contributed by atoms with Crippen molar-refractivity contribution in [3.63, 3.8) is 0 Å². The lowest BCUT2D eigenvalue weighted by molar-refractivity contribution is 0.412. The molecule has 0 atom stereocenters. The minimum Gasteiger partial charge on any atom is -0.308 e. The molecule has 2 N–H and O–H groups in total. The zero-order valence-electron chi connectivity index (χ0n) is 18.6. The highest BCUT2D eigenvalue weighted by Crippen LogP contribution is 2.23. The van der Waals surface area contributed by atoms with E-state index in [1.165, 1.54) is 0 Å². The van der Waals surface area contributed by atoms with E-state index in [-0.39, 0.29) is 34.6 Å². The van der Waals surface area contributed by atoms with E-state index >= 15 is 0 Å². The van der Waals surface area contributed by atoms with Gasteiger partial charge in [-0.2, -0.15) is 0 Å². The van der Waals surface area contributed by atoms with Gasteiger partial charge in [-0.05, 0) is 63.6 Å². The molecule has 0 spiro atoms. The van der Waals surface area contributed by atoms with Gasteiger partial charge < -0.3 is 9.80 Å². The highest BCUT2D eigenvalue weighted by molar-refractivity contribution is 7.89. The summed E-state index contributed by atoms with van der Waals surface area (Å²) in [6, 6.07) is 13.0. The van der Waals surface area contributed by atoms with Crippen LogP contribution in [0.3, 0.4) is 0 Å². The number of halogens is 2. The smallest absolute Gasteiger partial charge is 0.240 e. The zero-order chi connectivity index (χ0) is 22.4. The predicted molar refractivity (Wildman–Crippen MR) is 134 cm³/mol. The van der Waals surface area contributed by atoms with Crippen LogP contribution < -0.4 is 9.44 Å². The summed E-state index contributed by atoms with van der Waals surface area (Å²) in [4.78, 5) is 4.17. The van der Waals surface area contributed by atoms with Crippen molar-refractivity contribution in [2.45, 2.75) is 9.79 Å². The molecule has 32 heavy (non-hydrogen) atoms. The molecule has 8 nitrogen and oxygen atoms in total. The third-order valence-electron chi connectivity index (χ3n) is 4.36. The second-order valence-corrected chi connectivity index (χ2v) is 11.0. The summed E-state index contributed by atoms with van der Waals surface area (Å²) < 4.78 is 54.5. The Morgan fingerprint density at radius 2 is 0.875 bits per heavy atom. The monoisotopic (exact) mass is 526 g/mol. The quantitative estimate of drug-likeness (QED) is 0.463. The van der Waals surface area contributed by atoms with Gasteiger partial charge in [0, 0.05) is 26.2 Å². The lowest BCUT2D eigenvalue weighted by atomic mass is 10.1. The molecular formula is C20H32Cl2N4O4S2. The number of hydrogen-bond acceptors (Lipinski definition) is 6. The van der Waals surface area contributed by atoms with Gasteiger partial charge in [-0.1, -0.05) is 24.3 Å². The summed E-state index contributed by atoms with van der Waals surface area (Å²) in [5.41, 5.74) is 1.60. The molecule has 2 aromatic rings. The Morgan fingerprint density at radius 3 is 1.12 bits per heavy atom. The van der Waals surface area contributed by atoms with Crippen molar-refractivity contribution < 1.29 is 16.8 Å². The van der Waals surface area contributed by atoms with Crippen molar-refractivity contribution >= 4 is 44.9 Å². The van der Waals surface area contributed by atoms with E-state index in [1.807, 2.05) is 38.0 Å². The van der Waals surface area contributed by atoms with E-state index in [9.17, 15) is 16.8 Å². The summed E-state index contributed by atoms with van der Waals surface area (Å²) in [6.45, 7) is 1.87. The molecule has 0 bridgehead atoms. The molecule has 0 aromatic heterocycles. The summed E-state index contributed by atoms with van der Waals surface area (Å²) in [6.07, 6.45) is 0. The van der Waals surface area contributed by atoms with Crippen LogP contribution in [0.1, 0.15) is 0 Å². The normalized spacial score (nSPS) is 11.8. The Morgan fingerprint density at radius 1 is 0.594 bits per heavy atom. The topological polar surface area (TPSA) is 98.8 Å². The number of nitrogens with one attached hydrogen (secondary N) is 2. The molecule has 0 fully saturated rings. The van der Waals surface area contributed by atoms with Gasteiger partial charge in [-0.15, -0.1) is 24.8 Å². The molecule has 0 saturated heterocycles. The van der Waals surface area contributed by atoms with Crippen LogP contribution in [0.25, 0.3) is 11.1 Å². The highest BCUT2D eigenvalue weighted by atomic mass is 35.5. The molecule has 2 aromatic carbocycles. The summed E-state index contributed by atoms with van der Waals surface area (Å²) >= 11 is 0. The Hall–Kier alpha value is -1.24. The second-order valence-electron chi connectivity index (χ2n) is 7.45. The van der Waals surface area contributed by atoms with E-state index in [1.54, 1.807) is 48.5 Å². The average molecular weight is 528 g/mol. The molecule has 0 heterocycles. The number of nitrogens with zero attached hydrogens (tertiary/aromatic N) is 2. The first-order valence-electron chi connectivity index (χ1n) is 9.50. The first-order chi connectivity index (χ1) is 14.0. The van der Waals surface area contributed by atoms with Gasteiger partial charge in [0.05, 0.1) is 9.79 Å². The molecule has 0 saturated carbocycles. The molecule has 0 aliphatic rings. The number of sulfonamides is 2. The van der Waals surface area contributed by atoms with Crippen molar-refractivity contribution in [3.8, 4) is 11.1 Å².